The van der Waals surface area contributed by atoms with Crippen LogP contribution in [-0.2, 0) is 16.1 Å². The molecule has 4 nitrogen and oxygen atoms in total. The molecule has 0 bridgehead atoms. The van der Waals surface area contributed by atoms with Crippen molar-refractivity contribution < 1.29 is 9.53 Å². The first-order valence-electron chi connectivity index (χ1n) is 8.96. The lowest BCUT2D eigenvalue weighted by atomic mass is 9.78. The Morgan fingerprint density at radius 3 is 2.91 bits per heavy atom. The maximum Gasteiger partial charge on any atom is 0.226 e. The van der Waals surface area contributed by atoms with Crippen molar-refractivity contribution in [1.82, 2.24) is 9.80 Å². The highest BCUT2D eigenvalue weighted by Gasteiger charge is 2.43. The van der Waals surface area contributed by atoms with Gasteiger partial charge in [-0.3, -0.25) is 9.69 Å². The van der Waals surface area contributed by atoms with E-state index >= 15 is 0 Å². The lowest BCUT2D eigenvalue weighted by molar-refractivity contribution is -0.150. The second-order valence-electron chi connectivity index (χ2n) is 7.10. The Bertz CT molecular complexity index is 527. The van der Waals surface area contributed by atoms with E-state index in [4.69, 9.17) is 4.74 Å². The van der Waals surface area contributed by atoms with Gasteiger partial charge in [0, 0.05) is 56.0 Å². The van der Waals surface area contributed by atoms with Crippen molar-refractivity contribution >= 4 is 17.2 Å². The van der Waals surface area contributed by atoms with Crippen LogP contribution < -0.4 is 0 Å². The van der Waals surface area contributed by atoms with Crippen molar-refractivity contribution in [2.24, 2.45) is 11.8 Å². The van der Waals surface area contributed by atoms with E-state index in [1.807, 2.05) is 11.3 Å². The number of nitrogens with zero attached hydrogens (tertiary/aromatic N) is 2. The van der Waals surface area contributed by atoms with Gasteiger partial charge in [-0.1, -0.05) is 6.07 Å². The maximum atomic E-state index is 12.9. The smallest absolute Gasteiger partial charge is 0.226 e. The fourth-order valence-electron chi connectivity index (χ4n) is 4.43. The van der Waals surface area contributed by atoms with Gasteiger partial charge in [0.15, 0.2) is 0 Å². The molecule has 0 aromatic carbocycles. The van der Waals surface area contributed by atoms with E-state index in [1.54, 1.807) is 0 Å². The Labute approximate surface area is 142 Å². The summed E-state index contributed by atoms with van der Waals surface area (Å²) < 4.78 is 6.01. The topological polar surface area (TPSA) is 32.8 Å². The summed E-state index contributed by atoms with van der Waals surface area (Å²) in [6.45, 7) is 5.80. The molecule has 5 heteroatoms. The minimum atomic E-state index is 0.179. The van der Waals surface area contributed by atoms with Gasteiger partial charge in [0.25, 0.3) is 0 Å². The monoisotopic (exact) mass is 334 g/mol. The molecule has 3 aliphatic rings. The summed E-state index contributed by atoms with van der Waals surface area (Å²) in [6.07, 6.45) is 4.62. The number of carbonyl (C=O) groups is 1. The molecule has 3 atom stereocenters. The standard InChI is InChI=1S/C18H26N2O2S/c21-18(20-7-1-2-8-20)15-6-10-22-17-5-9-19(13-16(15)17)12-14-4-3-11-23-14/h3-4,11,15-17H,1-2,5-10,12-13H2/t15-,16+,17-/m1/s1. The predicted octanol–water partition coefficient (Wildman–Crippen LogP) is 2.60. The summed E-state index contributed by atoms with van der Waals surface area (Å²) in [6, 6.07) is 4.33. The van der Waals surface area contributed by atoms with Gasteiger partial charge in [-0.05, 0) is 37.1 Å². The molecule has 4 rings (SSSR count). The van der Waals surface area contributed by atoms with Gasteiger partial charge in [0.05, 0.1) is 6.10 Å². The quantitative estimate of drug-likeness (QED) is 0.852. The van der Waals surface area contributed by atoms with E-state index in [9.17, 15) is 4.79 Å². The first-order chi connectivity index (χ1) is 11.3. The summed E-state index contributed by atoms with van der Waals surface area (Å²) in [5, 5.41) is 2.14. The van der Waals surface area contributed by atoms with Gasteiger partial charge in [-0.15, -0.1) is 11.3 Å². The summed E-state index contributed by atoms with van der Waals surface area (Å²) in [7, 11) is 0. The minimum Gasteiger partial charge on any atom is -0.378 e. The molecular formula is C18H26N2O2S. The molecule has 3 saturated heterocycles. The first-order valence-corrected chi connectivity index (χ1v) is 9.84. The van der Waals surface area contributed by atoms with Crippen molar-refractivity contribution in [2.45, 2.75) is 38.3 Å². The molecule has 0 aliphatic carbocycles. The molecule has 1 amide bonds. The van der Waals surface area contributed by atoms with Gasteiger partial charge in [-0.2, -0.15) is 0 Å². The number of thiophene rings is 1. The summed E-state index contributed by atoms with van der Waals surface area (Å²) in [5.41, 5.74) is 0. The Hall–Kier alpha value is -0.910. The highest BCUT2D eigenvalue weighted by Crippen LogP contribution is 2.35. The maximum absolute atomic E-state index is 12.9. The van der Waals surface area contributed by atoms with Crippen LogP contribution in [0.15, 0.2) is 17.5 Å². The van der Waals surface area contributed by atoms with Crippen molar-refractivity contribution in [3.05, 3.63) is 22.4 Å². The van der Waals surface area contributed by atoms with Crippen LogP contribution in [-0.4, -0.2) is 54.6 Å². The van der Waals surface area contributed by atoms with Crippen LogP contribution in [0.5, 0.6) is 0 Å². The Morgan fingerprint density at radius 1 is 1.26 bits per heavy atom. The van der Waals surface area contributed by atoms with E-state index in [2.05, 4.69) is 27.3 Å². The fourth-order valence-corrected chi connectivity index (χ4v) is 5.18. The molecule has 23 heavy (non-hydrogen) atoms. The molecule has 3 fully saturated rings. The number of ether oxygens (including phenoxy) is 1. The summed E-state index contributed by atoms with van der Waals surface area (Å²) in [4.78, 5) is 19.0. The van der Waals surface area contributed by atoms with E-state index in [-0.39, 0.29) is 5.92 Å². The van der Waals surface area contributed by atoms with E-state index < -0.39 is 0 Å². The number of hydrogen-bond acceptors (Lipinski definition) is 4. The molecule has 0 radical (unpaired) electrons. The lowest BCUT2D eigenvalue weighted by Gasteiger charge is -2.45. The number of likely N-dealkylation sites (tertiary alicyclic amines) is 2. The van der Waals surface area contributed by atoms with Crippen molar-refractivity contribution in [2.75, 3.05) is 32.8 Å². The number of carbonyl (C=O) groups excluding carboxylic acids is 1. The average molecular weight is 334 g/mol. The van der Waals surface area contributed by atoms with Gasteiger partial charge in [0.2, 0.25) is 5.91 Å². The van der Waals surface area contributed by atoms with Crippen LogP contribution in [0.1, 0.15) is 30.6 Å². The summed E-state index contributed by atoms with van der Waals surface area (Å²) in [5.74, 6) is 0.960. The van der Waals surface area contributed by atoms with E-state index in [1.165, 1.54) is 17.7 Å². The number of hydrogen-bond donors (Lipinski definition) is 0. The first kappa shape index (κ1) is 15.6. The Balaban J connectivity index is 1.44. The minimum absolute atomic E-state index is 0.179. The normalized spacial score (nSPS) is 32.0. The van der Waals surface area contributed by atoms with Crippen LogP contribution >= 0.6 is 11.3 Å². The second-order valence-corrected chi connectivity index (χ2v) is 8.14. The molecular weight excluding hydrogens is 308 g/mol. The fraction of sp³-hybridized carbons (Fsp3) is 0.722. The van der Waals surface area contributed by atoms with Gasteiger partial charge in [-0.25, -0.2) is 0 Å². The third kappa shape index (κ3) is 3.32. The molecule has 0 N–H and O–H groups in total. The second kappa shape index (κ2) is 6.91. The van der Waals surface area contributed by atoms with Gasteiger partial charge >= 0.3 is 0 Å². The van der Waals surface area contributed by atoms with Crippen LogP contribution in [0.4, 0.5) is 0 Å². The number of rotatable bonds is 3. The molecule has 0 spiro atoms. The zero-order valence-electron chi connectivity index (χ0n) is 13.7. The number of amides is 1. The highest BCUT2D eigenvalue weighted by atomic mass is 32.1. The van der Waals surface area contributed by atoms with Gasteiger partial charge in [0.1, 0.15) is 0 Å². The molecule has 1 aromatic heterocycles. The predicted molar refractivity (Wildman–Crippen MR) is 91.4 cm³/mol. The van der Waals surface area contributed by atoms with E-state index in [0.717, 1.165) is 52.2 Å². The Morgan fingerprint density at radius 2 is 2.13 bits per heavy atom. The molecule has 126 valence electrons. The largest absolute Gasteiger partial charge is 0.378 e. The molecule has 1 aromatic rings. The number of fused-ring (bicyclic) bond motifs is 1. The lowest BCUT2D eigenvalue weighted by Crippen LogP contribution is -2.53. The Kier molecular flexibility index (Phi) is 4.69. The van der Waals surface area contributed by atoms with Crippen LogP contribution in [0.2, 0.25) is 0 Å². The van der Waals surface area contributed by atoms with Crippen LogP contribution in [0, 0.1) is 11.8 Å². The molecule has 4 heterocycles. The van der Waals surface area contributed by atoms with Crippen LogP contribution in [0.3, 0.4) is 0 Å². The van der Waals surface area contributed by atoms with Crippen molar-refractivity contribution in [3.63, 3.8) is 0 Å². The molecule has 3 aliphatic heterocycles. The van der Waals surface area contributed by atoms with Crippen molar-refractivity contribution in [1.29, 1.82) is 0 Å². The average Bonchev–Trinajstić information content (AvgIpc) is 3.27. The highest BCUT2D eigenvalue weighted by molar-refractivity contribution is 7.09. The van der Waals surface area contributed by atoms with E-state index in [0.29, 0.717) is 17.9 Å². The van der Waals surface area contributed by atoms with Gasteiger partial charge < -0.3 is 9.64 Å². The number of piperidine rings is 1. The third-order valence-corrected chi connectivity index (χ3v) is 6.51. The third-order valence-electron chi connectivity index (χ3n) is 5.65. The zero-order chi connectivity index (χ0) is 15.6. The van der Waals surface area contributed by atoms with Crippen molar-refractivity contribution in [3.8, 4) is 0 Å². The SMILES string of the molecule is O=C([C@@H]1CCO[C@@H]2CCN(Cc3cccs3)C[C@H]21)N1CCCC1. The van der Waals surface area contributed by atoms with Crippen LogP contribution in [0.25, 0.3) is 0 Å². The molecule has 0 saturated carbocycles. The summed E-state index contributed by atoms with van der Waals surface area (Å²) >= 11 is 1.83. The molecule has 0 unspecified atom stereocenters. The zero-order valence-corrected chi connectivity index (χ0v) is 14.5.